The van der Waals surface area contributed by atoms with Crippen LogP contribution in [-0.2, 0) is 0 Å². The van der Waals surface area contributed by atoms with Gasteiger partial charge in [0.05, 0.1) is 0 Å². The zero-order valence-corrected chi connectivity index (χ0v) is 14.2. The summed E-state index contributed by atoms with van der Waals surface area (Å²) < 4.78 is 0. The molecule has 0 aromatic carbocycles. The molecule has 4 rings (SSSR count). The number of nitrogens with one attached hydrogen (secondary N) is 1. The fraction of sp³-hybridized carbons (Fsp3) is 0.824. The fourth-order valence-electron chi connectivity index (χ4n) is 4.31. The van der Waals surface area contributed by atoms with Crippen molar-refractivity contribution in [3.05, 3.63) is 11.6 Å². The van der Waals surface area contributed by atoms with Gasteiger partial charge >= 0.3 is 6.09 Å². The predicted molar refractivity (Wildman–Crippen MR) is 89.1 cm³/mol. The quantitative estimate of drug-likeness (QED) is 0.887. The number of rotatable bonds is 3. The lowest BCUT2D eigenvalue weighted by molar-refractivity contribution is 0.0785. The van der Waals surface area contributed by atoms with Crippen LogP contribution in [0.3, 0.4) is 0 Å². The largest absolute Gasteiger partial charge is 0.465 e. The molecule has 1 aromatic heterocycles. The van der Waals surface area contributed by atoms with Crippen molar-refractivity contribution in [3.8, 4) is 0 Å². The number of piperidine rings is 2. The van der Waals surface area contributed by atoms with Gasteiger partial charge in [-0.05, 0) is 45.1 Å². The molecule has 2 saturated heterocycles. The maximum absolute atomic E-state index is 11.1. The van der Waals surface area contributed by atoms with Gasteiger partial charge in [0.1, 0.15) is 5.82 Å². The van der Waals surface area contributed by atoms with Crippen molar-refractivity contribution >= 4 is 6.09 Å². The average molecular weight is 333 g/mol. The summed E-state index contributed by atoms with van der Waals surface area (Å²) in [7, 11) is 0. The zero-order valence-electron chi connectivity index (χ0n) is 14.2. The molecular formula is C17H27N5O2. The molecule has 1 aliphatic carbocycles. The van der Waals surface area contributed by atoms with Gasteiger partial charge in [0.15, 0.2) is 5.82 Å². The highest BCUT2D eigenvalue weighted by Crippen LogP contribution is 2.35. The Hall–Kier alpha value is -1.63. The minimum Gasteiger partial charge on any atom is -0.465 e. The molecule has 7 nitrogen and oxygen atoms in total. The molecule has 1 amide bonds. The molecule has 2 N–H and O–H groups in total. The van der Waals surface area contributed by atoms with Crippen LogP contribution in [0.4, 0.5) is 4.79 Å². The van der Waals surface area contributed by atoms with Gasteiger partial charge in [-0.3, -0.25) is 10.00 Å². The lowest BCUT2D eigenvalue weighted by Crippen LogP contribution is -2.49. The first-order valence-corrected chi connectivity index (χ1v) is 9.35. The summed E-state index contributed by atoms with van der Waals surface area (Å²) in [5.41, 5.74) is 0. The molecule has 0 spiro atoms. The molecule has 1 atom stereocenters. The summed E-state index contributed by atoms with van der Waals surface area (Å²) in [6, 6.07) is 0.508. The average Bonchev–Trinajstić information content (AvgIpc) is 3.03. The molecule has 24 heavy (non-hydrogen) atoms. The summed E-state index contributed by atoms with van der Waals surface area (Å²) in [4.78, 5) is 19.9. The summed E-state index contributed by atoms with van der Waals surface area (Å²) in [6.45, 7) is 3.45. The Morgan fingerprint density at radius 2 is 1.79 bits per heavy atom. The molecule has 1 aromatic rings. The Morgan fingerprint density at radius 1 is 1.04 bits per heavy atom. The van der Waals surface area contributed by atoms with Crippen LogP contribution < -0.4 is 0 Å². The second-order valence-electron chi connectivity index (χ2n) is 7.54. The van der Waals surface area contributed by atoms with Crippen LogP contribution in [0.5, 0.6) is 0 Å². The molecular weight excluding hydrogens is 306 g/mol. The highest BCUT2D eigenvalue weighted by atomic mass is 16.4. The van der Waals surface area contributed by atoms with Crippen LogP contribution in [0.15, 0.2) is 0 Å². The summed E-state index contributed by atoms with van der Waals surface area (Å²) in [5.74, 6) is 3.10. The first kappa shape index (κ1) is 15.9. The van der Waals surface area contributed by atoms with Crippen LogP contribution in [0.2, 0.25) is 0 Å². The van der Waals surface area contributed by atoms with Crippen LogP contribution in [0.25, 0.3) is 0 Å². The van der Waals surface area contributed by atoms with E-state index in [0.29, 0.717) is 31.0 Å². The summed E-state index contributed by atoms with van der Waals surface area (Å²) >= 11 is 0. The topological polar surface area (TPSA) is 85.4 Å². The van der Waals surface area contributed by atoms with Gasteiger partial charge in [0.2, 0.25) is 0 Å². The van der Waals surface area contributed by atoms with Crippen LogP contribution in [0.1, 0.15) is 68.4 Å². The SMILES string of the molecule is O=C(O)N1CCC(N2CCCC(c3n[nH]c(C4CCC4)n3)C2)CC1. The first-order chi connectivity index (χ1) is 11.7. The van der Waals surface area contributed by atoms with Gasteiger partial charge in [-0.2, -0.15) is 5.10 Å². The number of likely N-dealkylation sites (tertiary alicyclic amines) is 2. The van der Waals surface area contributed by atoms with Crippen molar-refractivity contribution in [1.82, 2.24) is 25.0 Å². The summed E-state index contributed by atoms with van der Waals surface area (Å²) in [5, 5.41) is 16.8. The van der Waals surface area contributed by atoms with E-state index in [1.54, 1.807) is 0 Å². The lowest BCUT2D eigenvalue weighted by atomic mass is 9.85. The molecule has 3 fully saturated rings. The molecule has 3 heterocycles. The van der Waals surface area contributed by atoms with E-state index in [1.807, 2.05) is 0 Å². The lowest BCUT2D eigenvalue weighted by Gasteiger charge is -2.41. The minimum atomic E-state index is -0.783. The van der Waals surface area contributed by atoms with Crippen molar-refractivity contribution in [1.29, 1.82) is 0 Å². The van der Waals surface area contributed by atoms with E-state index in [0.717, 1.165) is 44.0 Å². The number of carbonyl (C=O) groups is 1. The zero-order chi connectivity index (χ0) is 16.5. The molecule has 0 radical (unpaired) electrons. The molecule has 1 saturated carbocycles. The van der Waals surface area contributed by atoms with Gasteiger partial charge in [-0.15, -0.1) is 0 Å². The third-order valence-electron chi connectivity index (χ3n) is 6.08. The van der Waals surface area contributed by atoms with Gasteiger partial charge < -0.3 is 10.0 Å². The minimum absolute atomic E-state index is 0.418. The van der Waals surface area contributed by atoms with E-state index in [9.17, 15) is 4.79 Å². The maximum Gasteiger partial charge on any atom is 0.407 e. The van der Waals surface area contributed by atoms with Crippen molar-refractivity contribution < 1.29 is 9.90 Å². The van der Waals surface area contributed by atoms with E-state index in [-0.39, 0.29) is 0 Å². The van der Waals surface area contributed by atoms with Gasteiger partial charge in [-0.25, -0.2) is 9.78 Å². The molecule has 7 heteroatoms. The number of amides is 1. The Kier molecular flexibility index (Phi) is 4.43. The second kappa shape index (κ2) is 6.70. The van der Waals surface area contributed by atoms with Crippen molar-refractivity contribution in [3.63, 3.8) is 0 Å². The third kappa shape index (κ3) is 3.14. The van der Waals surface area contributed by atoms with E-state index < -0.39 is 6.09 Å². The van der Waals surface area contributed by atoms with Gasteiger partial charge in [-0.1, -0.05) is 6.42 Å². The van der Waals surface area contributed by atoms with E-state index in [4.69, 9.17) is 10.1 Å². The first-order valence-electron chi connectivity index (χ1n) is 9.35. The molecule has 1 unspecified atom stereocenters. The van der Waals surface area contributed by atoms with Crippen LogP contribution in [0, 0.1) is 0 Å². The van der Waals surface area contributed by atoms with Crippen molar-refractivity contribution in [2.24, 2.45) is 0 Å². The molecule has 0 bridgehead atoms. The second-order valence-corrected chi connectivity index (χ2v) is 7.54. The normalized spacial score (nSPS) is 27.2. The number of nitrogens with zero attached hydrogens (tertiary/aromatic N) is 4. The monoisotopic (exact) mass is 333 g/mol. The number of aromatic nitrogens is 3. The smallest absolute Gasteiger partial charge is 0.407 e. The Bertz CT molecular complexity index is 577. The number of carboxylic acid groups (broad SMARTS) is 1. The number of aromatic amines is 1. The van der Waals surface area contributed by atoms with E-state index in [2.05, 4.69) is 15.1 Å². The molecule has 3 aliphatic rings. The standard InChI is InChI=1S/C17H27N5O2/c23-17(24)21-9-6-14(7-10-21)22-8-2-5-13(11-22)16-18-15(19-20-16)12-3-1-4-12/h12-14H,1-11H2,(H,23,24)(H,18,19,20). The Labute approximate surface area is 142 Å². The summed E-state index contributed by atoms with van der Waals surface area (Å²) in [6.07, 6.45) is 7.24. The van der Waals surface area contributed by atoms with Crippen LogP contribution >= 0.6 is 0 Å². The number of H-pyrrole nitrogens is 1. The van der Waals surface area contributed by atoms with E-state index in [1.165, 1.54) is 30.6 Å². The third-order valence-corrected chi connectivity index (χ3v) is 6.08. The predicted octanol–water partition coefficient (Wildman–Crippen LogP) is 2.39. The number of hydrogen-bond donors (Lipinski definition) is 2. The highest BCUT2D eigenvalue weighted by molar-refractivity contribution is 5.65. The molecule has 2 aliphatic heterocycles. The Balaban J connectivity index is 1.35. The van der Waals surface area contributed by atoms with Gasteiger partial charge in [0, 0.05) is 37.5 Å². The van der Waals surface area contributed by atoms with Crippen molar-refractivity contribution in [2.45, 2.75) is 62.8 Å². The van der Waals surface area contributed by atoms with Crippen LogP contribution in [-0.4, -0.2) is 68.4 Å². The highest BCUT2D eigenvalue weighted by Gasteiger charge is 2.32. The van der Waals surface area contributed by atoms with E-state index >= 15 is 0 Å². The van der Waals surface area contributed by atoms with Gasteiger partial charge in [0.25, 0.3) is 0 Å². The molecule has 132 valence electrons. The maximum atomic E-state index is 11.1. The number of hydrogen-bond acceptors (Lipinski definition) is 4. The Morgan fingerprint density at radius 3 is 2.46 bits per heavy atom. The fourth-order valence-corrected chi connectivity index (χ4v) is 4.31. The van der Waals surface area contributed by atoms with Crippen molar-refractivity contribution in [2.75, 3.05) is 26.2 Å².